The monoisotopic (exact) mass is 272 g/mol. The maximum absolute atomic E-state index is 3.55. The molecule has 1 atom stereocenters. The molecule has 110 valence electrons. The summed E-state index contributed by atoms with van der Waals surface area (Å²) in [5, 5.41) is 3.55. The Hall–Kier alpha value is -1.12. The van der Waals surface area contributed by atoms with E-state index < -0.39 is 0 Å². The van der Waals surface area contributed by atoms with Gasteiger partial charge in [0, 0.05) is 12.6 Å². The molecule has 0 bridgehead atoms. The molecule has 2 rings (SSSR count). The summed E-state index contributed by atoms with van der Waals surface area (Å²) in [5.41, 5.74) is 2.68. The summed E-state index contributed by atoms with van der Waals surface area (Å²) in [5.74, 6) is 0. The van der Waals surface area contributed by atoms with Crippen molar-refractivity contribution in [2.24, 2.45) is 0 Å². The van der Waals surface area contributed by atoms with Crippen LogP contribution in [0.5, 0.6) is 0 Å². The fraction of sp³-hybridized carbons (Fsp3) is 0.556. The largest absolute Gasteiger partial charge is 0.313 e. The van der Waals surface area contributed by atoms with E-state index >= 15 is 0 Å². The first-order chi connectivity index (χ1) is 9.75. The fourth-order valence-corrected chi connectivity index (χ4v) is 2.90. The van der Waals surface area contributed by atoms with Crippen LogP contribution in [0.25, 0.3) is 6.08 Å². The molecule has 1 aliphatic heterocycles. The average Bonchev–Trinajstić information content (AvgIpc) is 2.85. The molecule has 1 N–H and O–H groups in total. The third-order valence-corrected chi connectivity index (χ3v) is 4.11. The lowest BCUT2D eigenvalue weighted by Gasteiger charge is -2.20. The molecule has 2 nitrogen and oxygen atoms in total. The van der Waals surface area contributed by atoms with Gasteiger partial charge in [-0.3, -0.25) is 0 Å². The topological polar surface area (TPSA) is 15.3 Å². The molecule has 2 heteroatoms. The van der Waals surface area contributed by atoms with E-state index in [2.05, 4.69) is 60.5 Å². The van der Waals surface area contributed by atoms with Crippen molar-refractivity contribution in [2.45, 2.75) is 39.2 Å². The molecule has 1 heterocycles. The van der Waals surface area contributed by atoms with Gasteiger partial charge in [0.1, 0.15) is 0 Å². The molecule has 1 saturated heterocycles. The summed E-state index contributed by atoms with van der Waals surface area (Å²) < 4.78 is 0. The summed E-state index contributed by atoms with van der Waals surface area (Å²) >= 11 is 0. The molecule has 1 unspecified atom stereocenters. The van der Waals surface area contributed by atoms with Crippen LogP contribution in [-0.4, -0.2) is 37.1 Å². The summed E-state index contributed by atoms with van der Waals surface area (Å²) in [6.45, 7) is 9.20. The summed E-state index contributed by atoms with van der Waals surface area (Å²) in [4.78, 5) is 2.62. The van der Waals surface area contributed by atoms with Gasteiger partial charge in [0.25, 0.3) is 0 Å². The summed E-state index contributed by atoms with van der Waals surface area (Å²) in [6.07, 6.45) is 6.28. The first-order valence-electron chi connectivity index (χ1n) is 7.92. The van der Waals surface area contributed by atoms with E-state index in [1.54, 1.807) is 0 Å². The molecule has 0 spiro atoms. The zero-order chi connectivity index (χ0) is 14.2. The first-order valence-corrected chi connectivity index (χ1v) is 7.92. The van der Waals surface area contributed by atoms with E-state index in [1.165, 1.54) is 43.5 Å². The van der Waals surface area contributed by atoms with Crippen molar-refractivity contribution in [3.63, 3.8) is 0 Å². The standard InChI is InChI=1S/C18H28N2/c1-16(14-18-9-4-3-5-10-18)15-19-11-7-13-20-12-6-8-17(20)2/h3-5,9-10,14,17,19H,6-8,11-13,15H2,1-2H3/b16-14+. The molecule has 1 fully saturated rings. The molecular formula is C18H28N2. The molecular weight excluding hydrogens is 244 g/mol. The van der Waals surface area contributed by atoms with Gasteiger partial charge >= 0.3 is 0 Å². The zero-order valence-electron chi connectivity index (χ0n) is 12.9. The van der Waals surface area contributed by atoms with E-state index in [1.807, 2.05) is 0 Å². The Morgan fingerprint density at radius 2 is 2.15 bits per heavy atom. The highest BCUT2D eigenvalue weighted by molar-refractivity contribution is 5.52. The second-order valence-corrected chi connectivity index (χ2v) is 5.96. The van der Waals surface area contributed by atoms with Crippen LogP contribution in [0.1, 0.15) is 38.7 Å². The first kappa shape index (κ1) is 15.3. The number of rotatable bonds is 7. The van der Waals surface area contributed by atoms with Crippen molar-refractivity contribution in [3.8, 4) is 0 Å². The SMILES string of the molecule is C/C(=C\c1ccccc1)CNCCCN1CCCC1C. The third kappa shape index (κ3) is 5.10. The second kappa shape index (κ2) is 8.23. The predicted molar refractivity (Wildman–Crippen MR) is 87.8 cm³/mol. The molecule has 1 aromatic carbocycles. The Balaban J connectivity index is 1.60. The van der Waals surface area contributed by atoms with Gasteiger partial charge in [0.05, 0.1) is 0 Å². The maximum Gasteiger partial charge on any atom is 0.0165 e. The Labute approximate surface area is 123 Å². The normalized spacial score (nSPS) is 20.5. The van der Waals surface area contributed by atoms with Gasteiger partial charge in [-0.05, 0) is 58.3 Å². The molecule has 0 aliphatic carbocycles. The number of hydrogen-bond donors (Lipinski definition) is 1. The highest BCUT2D eigenvalue weighted by atomic mass is 15.2. The highest BCUT2D eigenvalue weighted by Gasteiger charge is 2.18. The molecule has 0 amide bonds. The van der Waals surface area contributed by atoms with Crippen molar-refractivity contribution in [1.82, 2.24) is 10.2 Å². The van der Waals surface area contributed by atoms with Crippen LogP contribution >= 0.6 is 0 Å². The van der Waals surface area contributed by atoms with Gasteiger partial charge in [0.15, 0.2) is 0 Å². The van der Waals surface area contributed by atoms with Crippen LogP contribution in [0.4, 0.5) is 0 Å². The zero-order valence-corrected chi connectivity index (χ0v) is 12.9. The van der Waals surface area contributed by atoms with Crippen molar-refractivity contribution < 1.29 is 0 Å². The van der Waals surface area contributed by atoms with Gasteiger partial charge in [-0.2, -0.15) is 0 Å². The van der Waals surface area contributed by atoms with Gasteiger partial charge in [-0.15, -0.1) is 0 Å². The Bertz CT molecular complexity index is 411. The second-order valence-electron chi connectivity index (χ2n) is 5.96. The van der Waals surface area contributed by atoms with Crippen LogP contribution in [0.3, 0.4) is 0 Å². The summed E-state index contributed by atoms with van der Waals surface area (Å²) in [6, 6.07) is 11.3. The number of benzene rings is 1. The molecule has 1 aromatic rings. The lowest BCUT2D eigenvalue weighted by atomic mass is 10.1. The average molecular weight is 272 g/mol. The lowest BCUT2D eigenvalue weighted by molar-refractivity contribution is 0.265. The van der Waals surface area contributed by atoms with Crippen molar-refractivity contribution >= 4 is 6.08 Å². The molecule has 20 heavy (non-hydrogen) atoms. The lowest BCUT2D eigenvalue weighted by Crippen LogP contribution is -2.30. The van der Waals surface area contributed by atoms with Crippen LogP contribution < -0.4 is 5.32 Å². The molecule has 0 aromatic heterocycles. The van der Waals surface area contributed by atoms with Crippen LogP contribution in [0.15, 0.2) is 35.9 Å². The van der Waals surface area contributed by atoms with Crippen LogP contribution in [0.2, 0.25) is 0 Å². The number of nitrogens with zero attached hydrogens (tertiary/aromatic N) is 1. The van der Waals surface area contributed by atoms with Crippen molar-refractivity contribution in [1.29, 1.82) is 0 Å². The number of likely N-dealkylation sites (tertiary alicyclic amines) is 1. The van der Waals surface area contributed by atoms with Crippen molar-refractivity contribution in [2.75, 3.05) is 26.2 Å². The minimum Gasteiger partial charge on any atom is -0.313 e. The van der Waals surface area contributed by atoms with Gasteiger partial charge < -0.3 is 10.2 Å². The fourth-order valence-electron chi connectivity index (χ4n) is 2.90. The third-order valence-electron chi connectivity index (χ3n) is 4.11. The van der Waals surface area contributed by atoms with Gasteiger partial charge in [0.2, 0.25) is 0 Å². The Kier molecular flexibility index (Phi) is 6.28. The maximum atomic E-state index is 3.55. The van der Waals surface area contributed by atoms with E-state index in [0.717, 1.165) is 19.1 Å². The number of hydrogen-bond acceptors (Lipinski definition) is 2. The van der Waals surface area contributed by atoms with Crippen LogP contribution in [0, 0.1) is 0 Å². The smallest absolute Gasteiger partial charge is 0.0165 e. The van der Waals surface area contributed by atoms with Gasteiger partial charge in [-0.1, -0.05) is 42.0 Å². The highest BCUT2D eigenvalue weighted by Crippen LogP contribution is 2.15. The Morgan fingerprint density at radius 1 is 1.35 bits per heavy atom. The van der Waals surface area contributed by atoms with Gasteiger partial charge in [-0.25, -0.2) is 0 Å². The molecule has 0 radical (unpaired) electrons. The number of nitrogens with one attached hydrogen (secondary N) is 1. The van der Waals surface area contributed by atoms with E-state index in [-0.39, 0.29) is 0 Å². The Morgan fingerprint density at radius 3 is 2.85 bits per heavy atom. The summed E-state index contributed by atoms with van der Waals surface area (Å²) in [7, 11) is 0. The van der Waals surface area contributed by atoms with E-state index in [4.69, 9.17) is 0 Å². The van der Waals surface area contributed by atoms with Crippen molar-refractivity contribution in [3.05, 3.63) is 41.5 Å². The van der Waals surface area contributed by atoms with E-state index in [0.29, 0.717) is 0 Å². The minimum absolute atomic E-state index is 0.801. The predicted octanol–water partition coefficient (Wildman–Crippen LogP) is 3.55. The molecule has 1 aliphatic rings. The van der Waals surface area contributed by atoms with E-state index in [9.17, 15) is 0 Å². The minimum atomic E-state index is 0.801. The quantitative estimate of drug-likeness (QED) is 0.764. The van der Waals surface area contributed by atoms with Crippen LogP contribution in [-0.2, 0) is 0 Å². The molecule has 0 saturated carbocycles.